The summed E-state index contributed by atoms with van der Waals surface area (Å²) in [7, 11) is 0. The third-order valence-electron chi connectivity index (χ3n) is 3.15. The summed E-state index contributed by atoms with van der Waals surface area (Å²) < 4.78 is 0. The van der Waals surface area contributed by atoms with Crippen LogP contribution < -0.4 is 11.1 Å². The summed E-state index contributed by atoms with van der Waals surface area (Å²) >= 11 is 5.99. The van der Waals surface area contributed by atoms with Crippen LogP contribution in [0.2, 0.25) is 5.02 Å². The maximum Gasteiger partial charge on any atom is 0.234 e. The van der Waals surface area contributed by atoms with Crippen LogP contribution in [0.3, 0.4) is 0 Å². The van der Waals surface area contributed by atoms with Crippen molar-refractivity contribution in [3.8, 4) is 11.1 Å². The summed E-state index contributed by atoms with van der Waals surface area (Å²) in [5.74, 6) is -0.347. The van der Waals surface area contributed by atoms with Gasteiger partial charge in [0.25, 0.3) is 0 Å². The van der Waals surface area contributed by atoms with Gasteiger partial charge in [-0.05, 0) is 35.7 Å². The Kier molecular flexibility index (Phi) is 4.77. The molecule has 0 saturated heterocycles. The van der Waals surface area contributed by atoms with E-state index in [1.165, 1.54) is 0 Å². The summed E-state index contributed by atoms with van der Waals surface area (Å²) in [6.45, 7) is 2.36. The van der Waals surface area contributed by atoms with Gasteiger partial charge in [0.2, 0.25) is 5.91 Å². The van der Waals surface area contributed by atoms with Crippen LogP contribution in [0.4, 0.5) is 0 Å². The number of nitrogens with one attached hydrogen (secondary N) is 1. The lowest BCUT2D eigenvalue weighted by molar-refractivity contribution is -0.119. The van der Waals surface area contributed by atoms with E-state index in [-0.39, 0.29) is 11.9 Å². The number of carbonyl (C=O) groups excluding carboxylic acids is 1. The van der Waals surface area contributed by atoms with Crippen molar-refractivity contribution in [1.82, 2.24) is 5.32 Å². The van der Waals surface area contributed by atoms with Gasteiger partial charge in [-0.2, -0.15) is 0 Å². The number of carbonyl (C=O) groups is 1. The topological polar surface area (TPSA) is 55.1 Å². The average Bonchev–Trinajstić information content (AvgIpc) is 2.45. The fourth-order valence-electron chi connectivity index (χ4n) is 1.85. The Morgan fingerprint density at radius 2 is 1.90 bits per heavy atom. The number of hydrogen-bond donors (Lipinski definition) is 2. The highest BCUT2D eigenvalue weighted by Crippen LogP contribution is 2.22. The van der Waals surface area contributed by atoms with Gasteiger partial charge in [-0.15, -0.1) is 0 Å². The van der Waals surface area contributed by atoms with Gasteiger partial charge in [-0.3, -0.25) is 4.79 Å². The number of benzene rings is 2. The molecule has 0 aromatic heterocycles. The van der Waals surface area contributed by atoms with Crippen molar-refractivity contribution in [2.24, 2.45) is 5.73 Å². The molecular formula is C16H17ClN2O. The molecule has 0 radical (unpaired) electrons. The lowest BCUT2D eigenvalue weighted by Crippen LogP contribution is -2.38. The molecule has 0 aliphatic rings. The fraction of sp³-hybridized carbons (Fsp3) is 0.188. The predicted octanol–water partition coefficient (Wildman–Crippen LogP) is 2.97. The normalized spacial score (nSPS) is 12.1. The number of primary amides is 1. The first-order valence-electron chi connectivity index (χ1n) is 6.44. The van der Waals surface area contributed by atoms with E-state index in [1.807, 2.05) is 48.5 Å². The van der Waals surface area contributed by atoms with Gasteiger partial charge >= 0.3 is 0 Å². The highest BCUT2D eigenvalue weighted by molar-refractivity contribution is 6.30. The minimum Gasteiger partial charge on any atom is -0.368 e. The van der Waals surface area contributed by atoms with Crippen molar-refractivity contribution >= 4 is 17.5 Å². The van der Waals surface area contributed by atoms with Gasteiger partial charge in [0.15, 0.2) is 0 Å². The molecule has 4 heteroatoms. The molecule has 0 spiro atoms. The molecule has 0 heterocycles. The zero-order chi connectivity index (χ0) is 14.5. The largest absolute Gasteiger partial charge is 0.368 e. The molecule has 3 N–H and O–H groups in total. The molecule has 0 unspecified atom stereocenters. The molecule has 2 aromatic rings. The van der Waals surface area contributed by atoms with Gasteiger partial charge in [0.1, 0.15) is 0 Å². The molecule has 1 atom stereocenters. The van der Waals surface area contributed by atoms with Crippen molar-refractivity contribution < 1.29 is 4.79 Å². The first-order chi connectivity index (χ1) is 9.56. The first-order valence-corrected chi connectivity index (χ1v) is 6.81. The number of nitrogens with two attached hydrogens (primary N) is 1. The third kappa shape index (κ3) is 3.83. The molecule has 0 fully saturated rings. The average molecular weight is 289 g/mol. The minimum absolute atomic E-state index is 0.331. The summed E-state index contributed by atoms with van der Waals surface area (Å²) in [5, 5.41) is 3.80. The smallest absolute Gasteiger partial charge is 0.234 e. The molecule has 3 nitrogen and oxygen atoms in total. The van der Waals surface area contributed by atoms with Crippen molar-refractivity contribution in [3.63, 3.8) is 0 Å². The number of hydrogen-bond acceptors (Lipinski definition) is 2. The maximum absolute atomic E-state index is 10.9. The molecular weight excluding hydrogens is 272 g/mol. The van der Waals surface area contributed by atoms with E-state index in [0.29, 0.717) is 6.54 Å². The Balaban J connectivity index is 2.05. The Labute approximate surface area is 123 Å². The Morgan fingerprint density at radius 3 is 2.50 bits per heavy atom. The van der Waals surface area contributed by atoms with Crippen LogP contribution in [-0.2, 0) is 11.3 Å². The van der Waals surface area contributed by atoms with Crippen LogP contribution in [-0.4, -0.2) is 11.9 Å². The molecule has 2 rings (SSSR count). The Morgan fingerprint density at radius 1 is 1.20 bits per heavy atom. The lowest BCUT2D eigenvalue weighted by atomic mass is 10.0. The fourth-order valence-corrected chi connectivity index (χ4v) is 2.04. The van der Waals surface area contributed by atoms with Gasteiger partial charge in [0.05, 0.1) is 6.04 Å². The summed E-state index contributed by atoms with van der Waals surface area (Å²) in [4.78, 5) is 10.9. The molecule has 0 bridgehead atoms. The van der Waals surface area contributed by atoms with Gasteiger partial charge < -0.3 is 11.1 Å². The molecule has 1 amide bonds. The van der Waals surface area contributed by atoms with Crippen molar-refractivity contribution in [3.05, 3.63) is 59.1 Å². The molecule has 20 heavy (non-hydrogen) atoms. The van der Waals surface area contributed by atoms with Crippen LogP contribution in [0.15, 0.2) is 48.5 Å². The van der Waals surface area contributed by atoms with E-state index < -0.39 is 0 Å². The minimum atomic E-state index is -0.347. The standard InChI is InChI=1S/C16H17ClN2O/c1-11(16(18)20)19-10-12-5-7-13(8-6-12)14-3-2-4-15(17)9-14/h2-9,11,19H,10H2,1H3,(H2,18,20)/t11-/m0/s1. The highest BCUT2D eigenvalue weighted by atomic mass is 35.5. The molecule has 0 saturated carbocycles. The maximum atomic E-state index is 10.9. The van der Waals surface area contributed by atoms with Crippen molar-refractivity contribution in [2.45, 2.75) is 19.5 Å². The lowest BCUT2D eigenvalue weighted by Gasteiger charge is -2.10. The quantitative estimate of drug-likeness (QED) is 0.889. The van der Waals surface area contributed by atoms with Gasteiger partial charge in [-0.1, -0.05) is 48.0 Å². The zero-order valence-corrected chi connectivity index (χ0v) is 12.0. The zero-order valence-electron chi connectivity index (χ0n) is 11.3. The molecule has 2 aromatic carbocycles. The number of amides is 1. The van der Waals surface area contributed by atoms with Crippen molar-refractivity contribution in [1.29, 1.82) is 0 Å². The van der Waals surface area contributed by atoms with Crippen molar-refractivity contribution in [2.75, 3.05) is 0 Å². The second-order valence-electron chi connectivity index (χ2n) is 4.71. The molecule has 104 valence electrons. The second kappa shape index (κ2) is 6.55. The van der Waals surface area contributed by atoms with Gasteiger partial charge in [0, 0.05) is 11.6 Å². The van der Waals surface area contributed by atoms with Crippen LogP contribution >= 0.6 is 11.6 Å². The van der Waals surface area contributed by atoms with Crippen LogP contribution in [0.1, 0.15) is 12.5 Å². The van der Waals surface area contributed by atoms with Crippen LogP contribution in [0, 0.1) is 0 Å². The van der Waals surface area contributed by atoms with E-state index in [4.69, 9.17) is 17.3 Å². The summed E-state index contributed by atoms with van der Waals surface area (Å²) in [6, 6.07) is 15.5. The van der Waals surface area contributed by atoms with Crippen LogP contribution in [0.5, 0.6) is 0 Å². The predicted molar refractivity (Wildman–Crippen MR) is 82.4 cm³/mol. The Hall–Kier alpha value is -1.84. The summed E-state index contributed by atoms with van der Waals surface area (Å²) in [5.41, 5.74) is 8.50. The van der Waals surface area contributed by atoms with E-state index >= 15 is 0 Å². The monoisotopic (exact) mass is 288 g/mol. The SMILES string of the molecule is C[C@H](NCc1ccc(-c2cccc(Cl)c2)cc1)C(N)=O. The van der Waals surface area contributed by atoms with E-state index in [0.717, 1.165) is 21.7 Å². The van der Waals surface area contributed by atoms with E-state index in [1.54, 1.807) is 6.92 Å². The number of halogens is 1. The second-order valence-corrected chi connectivity index (χ2v) is 5.15. The highest BCUT2D eigenvalue weighted by Gasteiger charge is 2.07. The Bertz CT molecular complexity index is 596. The third-order valence-corrected chi connectivity index (χ3v) is 3.39. The summed E-state index contributed by atoms with van der Waals surface area (Å²) in [6.07, 6.45) is 0. The molecule has 0 aliphatic carbocycles. The molecule has 0 aliphatic heterocycles. The van der Waals surface area contributed by atoms with Gasteiger partial charge in [-0.25, -0.2) is 0 Å². The number of rotatable bonds is 5. The van der Waals surface area contributed by atoms with Crippen LogP contribution in [0.25, 0.3) is 11.1 Å². The first kappa shape index (κ1) is 14.6. The van der Waals surface area contributed by atoms with E-state index in [9.17, 15) is 4.79 Å². The van der Waals surface area contributed by atoms with E-state index in [2.05, 4.69) is 5.32 Å².